The zero-order valence-electron chi connectivity index (χ0n) is 9.89. The summed E-state index contributed by atoms with van der Waals surface area (Å²) in [5.41, 5.74) is 3.89. The van der Waals surface area contributed by atoms with Crippen molar-refractivity contribution in [2.75, 3.05) is 11.1 Å². The van der Waals surface area contributed by atoms with Gasteiger partial charge < -0.3 is 11.1 Å². The Morgan fingerprint density at radius 3 is 2.41 bits per heavy atom. The molecule has 0 amide bonds. The Bertz CT molecular complexity index is 401. The Morgan fingerprint density at radius 2 is 1.94 bits per heavy atom. The fourth-order valence-electron chi connectivity index (χ4n) is 1.11. The Labute approximate surface area is 97.4 Å². The molecule has 1 aromatic heterocycles. The molecule has 0 unspecified atom stereocenters. The first kappa shape index (κ1) is 13.5. The summed E-state index contributed by atoms with van der Waals surface area (Å²) in [5.74, 6) is -0.468. The van der Waals surface area contributed by atoms with Gasteiger partial charge in [0.05, 0.1) is 0 Å². The predicted molar refractivity (Wildman–Crippen MR) is 59.4 cm³/mol. The largest absolute Gasteiger partial charge is 0.421 e. The minimum Gasteiger partial charge on any atom is -0.368 e. The maximum absolute atomic E-state index is 12.7. The SMILES string of the molecule is CCC(C)(C)Nc1nc(N)ncc1C(F)(F)F. The van der Waals surface area contributed by atoms with E-state index in [0.717, 1.165) is 0 Å². The summed E-state index contributed by atoms with van der Waals surface area (Å²) in [6.45, 7) is 5.43. The molecule has 17 heavy (non-hydrogen) atoms. The number of aromatic nitrogens is 2. The number of anilines is 2. The maximum atomic E-state index is 12.7. The van der Waals surface area contributed by atoms with Gasteiger partial charge in [0.15, 0.2) is 0 Å². The molecule has 0 radical (unpaired) electrons. The van der Waals surface area contributed by atoms with E-state index < -0.39 is 17.3 Å². The first-order valence-electron chi connectivity index (χ1n) is 5.13. The summed E-state index contributed by atoms with van der Waals surface area (Å²) in [7, 11) is 0. The van der Waals surface area contributed by atoms with Gasteiger partial charge in [0.25, 0.3) is 0 Å². The number of alkyl halides is 3. The van der Waals surface area contributed by atoms with E-state index in [1.165, 1.54) is 0 Å². The number of nitrogens with two attached hydrogens (primary N) is 1. The van der Waals surface area contributed by atoms with Gasteiger partial charge in [-0.3, -0.25) is 0 Å². The van der Waals surface area contributed by atoms with E-state index >= 15 is 0 Å². The summed E-state index contributed by atoms with van der Waals surface area (Å²) >= 11 is 0. The molecule has 4 nitrogen and oxygen atoms in total. The number of nitrogen functional groups attached to an aromatic ring is 1. The molecule has 0 bridgehead atoms. The lowest BCUT2D eigenvalue weighted by Crippen LogP contribution is -2.31. The molecule has 1 heterocycles. The number of nitrogens with one attached hydrogen (secondary N) is 1. The van der Waals surface area contributed by atoms with Gasteiger partial charge in [-0.25, -0.2) is 4.98 Å². The predicted octanol–water partition coefficient (Wildman–Crippen LogP) is 2.68. The normalized spacial score (nSPS) is 12.6. The van der Waals surface area contributed by atoms with Crippen LogP contribution in [0.15, 0.2) is 6.20 Å². The lowest BCUT2D eigenvalue weighted by atomic mass is 10.0. The second-order valence-corrected chi connectivity index (χ2v) is 4.35. The van der Waals surface area contributed by atoms with E-state index in [1.807, 2.05) is 6.92 Å². The van der Waals surface area contributed by atoms with Crippen LogP contribution < -0.4 is 11.1 Å². The highest BCUT2D eigenvalue weighted by Crippen LogP contribution is 2.34. The molecule has 0 aliphatic rings. The lowest BCUT2D eigenvalue weighted by Gasteiger charge is -2.26. The second-order valence-electron chi connectivity index (χ2n) is 4.35. The molecular formula is C10H15F3N4. The second kappa shape index (κ2) is 4.38. The standard InChI is InChI=1S/C10H15F3N4/c1-4-9(2,3)17-7-6(10(11,12)13)5-15-8(14)16-7/h5H,4H2,1-3H3,(H3,14,15,16,17). The van der Waals surface area contributed by atoms with Gasteiger partial charge in [0.2, 0.25) is 5.95 Å². The van der Waals surface area contributed by atoms with Crippen molar-refractivity contribution in [2.45, 2.75) is 38.9 Å². The third-order valence-corrected chi connectivity index (χ3v) is 2.45. The van der Waals surface area contributed by atoms with E-state index in [1.54, 1.807) is 13.8 Å². The van der Waals surface area contributed by atoms with Crippen molar-refractivity contribution in [3.8, 4) is 0 Å². The van der Waals surface area contributed by atoms with Crippen LogP contribution in [-0.2, 0) is 6.18 Å². The Morgan fingerprint density at radius 1 is 1.35 bits per heavy atom. The summed E-state index contributed by atoms with van der Waals surface area (Å²) in [5, 5.41) is 2.73. The molecule has 0 aromatic carbocycles. The highest BCUT2D eigenvalue weighted by molar-refractivity contribution is 5.49. The molecule has 0 atom stereocenters. The van der Waals surface area contributed by atoms with Gasteiger partial charge >= 0.3 is 6.18 Å². The summed E-state index contributed by atoms with van der Waals surface area (Å²) in [4.78, 5) is 6.98. The molecule has 0 aliphatic carbocycles. The molecule has 1 rings (SSSR count). The molecule has 96 valence electrons. The average Bonchev–Trinajstić information content (AvgIpc) is 2.15. The highest BCUT2D eigenvalue weighted by Gasteiger charge is 2.36. The smallest absolute Gasteiger partial charge is 0.368 e. The van der Waals surface area contributed by atoms with E-state index in [2.05, 4.69) is 15.3 Å². The number of halogens is 3. The third-order valence-electron chi connectivity index (χ3n) is 2.45. The number of hydrogen-bond donors (Lipinski definition) is 2. The van der Waals surface area contributed by atoms with Crippen molar-refractivity contribution in [1.82, 2.24) is 9.97 Å². The quantitative estimate of drug-likeness (QED) is 0.863. The molecule has 0 saturated heterocycles. The maximum Gasteiger partial charge on any atom is 0.421 e. The minimum atomic E-state index is -4.50. The van der Waals surface area contributed by atoms with Crippen LogP contribution in [0.25, 0.3) is 0 Å². The first-order valence-corrected chi connectivity index (χ1v) is 5.13. The van der Waals surface area contributed by atoms with E-state index in [0.29, 0.717) is 12.6 Å². The summed E-state index contributed by atoms with van der Waals surface area (Å²) in [6, 6.07) is 0. The van der Waals surface area contributed by atoms with Gasteiger partial charge in [0.1, 0.15) is 11.4 Å². The van der Waals surface area contributed by atoms with Gasteiger partial charge in [-0.05, 0) is 20.3 Å². The zero-order chi connectivity index (χ0) is 13.3. The molecule has 0 spiro atoms. The topological polar surface area (TPSA) is 63.8 Å². The van der Waals surface area contributed by atoms with Crippen LogP contribution in [-0.4, -0.2) is 15.5 Å². The van der Waals surface area contributed by atoms with Crippen LogP contribution in [0.4, 0.5) is 24.9 Å². The third kappa shape index (κ3) is 3.47. The Hall–Kier alpha value is -1.53. The fraction of sp³-hybridized carbons (Fsp3) is 0.600. The minimum absolute atomic E-state index is 0.188. The molecule has 1 aromatic rings. The van der Waals surface area contributed by atoms with E-state index in [9.17, 15) is 13.2 Å². The number of rotatable bonds is 3. The van der Waals surface area contributed by atoms with Crippen LogP contribution in [0.2, 0.25) is 0 Å². The molecule has 0 fully saturated rings. The van der Waals surface area contributed by atoms with E-state index in [-0.39, 0.29) is 11.8 Å². The molecular weight excluding hydrogens is 233 g/mol. The van der Waals surface area contributed by atoms with Crippen molar-refractivity contribution in [3.63, 3.8) is 0 Å². The molecule has 0 saturated carbocycles. The first-order chi connectivity index (χ1) is 7.65. The Kier molecular flexibility index (Phi) is 3.49. The fourth-order valence-corrected chi connectivity index (χ4v) is 1.11. The molecule has 7 heteroatoms. The van der Waals surface area contributed by atoms with Crippen molar-refractivity contribution in [1.29, 1.82) is 0 Å². The van der Waals surface area contributed by atoms with Gasteiger partial charge in [-0.2, -0.15) is 18.2 Å². The monoisotopic (exact) mass is 248 g/mol. The van der Waals surface area contributed by atoms with Crippen molar-refractivity contribution < 1.29 is 13.2 Å². The van der Waals surface area contributed by atoms with E-state index in [4.69, 9.17) is 5.73 Å². The van der Waals surface area contributed by atoms with Crippen LogP contribution in [0, 0.1) is 0 Å². The van der Waals surface area contributed by atoms with Gasteiger partial charge in [-0.15, -0.1) is 0 Å². The summed E-state index contributed by atoms with van der Waals surface area (Å²) in [6.07, 6.45) is -3.16. The van der Waals surface area contributed by atoms with Crippen molar-refractivity contribution >= 4 is 11.8 Å². The van der Waals surface area contributed by atoms with Crippen molar-refractivity contribution in [2.24, 2.45) is 0 Å². The lowest BCUT2D eigenvalue weighted by molar-refractivity contribution is -0.137. The summed E-state index contributed by atoms with van der Waals surface area (Å²) < 4.78 is 38.1. The van der Waals surface area contributed by atoms with Gasteiger partial charge in [-0.1, -0.05) is 6.92 Å². The van der Waals surface area contributed by atoms with Crippen LogP contribution in [0.3, 0.4) is 0 Å². The number of hydrogen-bond acceptors (Lipinski definition) is 4. The van der Waals surface area contributed by atoms with Crippen LogP contribution in [0.1, 0.15) is 32.8 Å². The van der Waals surface area contributed by atoms with Gasteiger partial charge in [0, 0.05) is 11.7 Å². The van der Waals surface area contributed by atoms with Crippen molar-refractivity contribution in [3.05, 3.63) is 11.8 Å². The average molecular weight is 248 g/mol. The Balaban J connectivity index is 3.17. The van der Waals surface area contributed by atoms with Crippen LogP contribution >= 0.6 is 0 Å². The molecule has 3 N–H and O–H groups in total. The molecule has 0 aliphatic heterocycles. The highest BCUT2D eigenvalue weighted by atomic mass is 19.4. The zero-order valence-corrected chi connectivity index (χ0v) is 9.89. The van der Waals surface area contributed by atoms with Crippen LogP contribution in [0.5, 0.6) is 0 Å². The number of nitrogens with zero attached hydrogens (tertiary/aromatic N) is 2.